The lowest BCUT2D eigenvalue weighted by atomic mass is 9.96. The molecule has 3 aromatic carbocycles. The molecular formula is C25H24N2O2. The van der Waals surface area contributed by atoms with Gasteiger partial charge in [0.2, 0.25) is 5.91 Å². The summed E-state index contributed by atoms with van der Waals surface area (Å²) in [5.41, 5.74) is 4.08. The van der Waals surface area contributed by atoms with Crippen LogP contribution in [0.15, 0.2) is 84.9 Å². The first-order valence-electron chi connectivity index (χ1n) is 9.97. The monoisotopic (exact) mass is 384 g/mol. The van der Waals surface area contributed by atoms with Crippen molar-refractivity contribution < 1.29 is 9.59 Å². The number of nitrogens with zero attached hydrogens (tertiary/aromatic N) is 1. The molecule has 0 spiro atoms. The summed E-state index contributed by atoms with van der Waals surface area (Å²) >= 11 is 0. The predicted molar refractivity (Wildman–Crippen MR) is 114 cm³/mol. The lowest BCUT2D eigenvalue weighted by Crippen LogP contribution is -2.37. The Kier molecular flexibility index (Phi) is 5.71. The molecule has 1 atom stereocenters. The third kappa shape index (κ3) is 4.54. The molecule has 0 unspecified atom stereocenters. The Hall–Kier alpha value is -3.40. The van der Waals surface area contributed by atoms with Crippen LogP contribution in [0, 0.1) is 5.92 Å². The van der Waals surface area contributed by atoms with Gasteiger partial charge in [0.15, 0.2) is 0 Å². The highest BCUT2D eigenvalue weighted by Crippen LogP contribution is 2.21. The van der Waals surface area contributed by atoms with E-state index in [1.54, 1.807) is 4.90 Å². The van der Waals surface area contributed by atoms with Gasteiger partial charge in [0, 0.05) is 25.2 Å². The first kappa shape index (κ1) is 18.9. The zero-order valence-electron chi connectivity index (χ0n) is 16.3. The van der Waals surface area contributed by atoms with Gasteiger partial charge in [-0.25, -0.2) is 0 Å². The van der Waals surface area contributed by atoms with E-state index in [-0.39, 0.29) is 17.7 Å². The van der Waals surface area contributed by atoms with Gasteiger partial charge >= 0.3 is 0 Å². The minimum absolute atomic E-state index is 0.0143. The molecule has 4 nitrogen and oxygen atoms in total. The van der Waals surface area contributed by atoms with Crippen LogP contribution in [0.3, 0.4) is 0 Å². The molecule has 0 radical (unpaired) electrons. The molecule has 1 aliphatic heterocycles. The van der Waals surface area contributed by atoms with Crippen LogP contribution in [0.2, 0.25) is 0 Å². The fourth-order valence-electron chi connectivity index (χ4n) is 3.75. The Morgan fingerprint density at radius 1 is 0.862 bits per heavy atom. The Balaban J connectivity index is 1.48. The van der Waals surface area contributed by atoms with Crippen LogP contribution >= 0.6 is 0 Å². The normalized spacial score (nSPS) is 16.8. The van der Waals surface area contributed by atoms with Gasteiger partial charge in [-0.15, -0.1) is 0 Å². The minimum Gasteiger partial charge on any atom is -0.354 e. The van der Waals surface area contributed by atoms with E-state index in [4.69, 9.17) is 0 Å². The van der Waals surface area contributed by atoms with E-state index in [0.29, 0.717) is 31.6 Å². The number of hydrogen-bond donors (Lipinski definition) is 1. The third-order valence-electron chi connectivity index (χ3n) is 5.34. The average molecular weight is 384 g/mol. The van der Waals surface area contributed by atoms with Crippen LogP contribution in [0.25, 0.3) is 11.1 Å². The largest absolute Gasteiger partial charge is 0.354 e. The SMILES string of the molecule is O=C1NCCN(C(=O)c2ccccc2)C[C@H]1Cc1ccc(-c2ccccc2)cc1. The smallest absolute Gasteiger partial charge is 0.253 e. The van der Waals surface area contributed by atoms with Gasteiger partial charge in [-0.2, -0.15) is 0 Å². The van der Waals surface area contributed by atoms with Crippen molar-refractivity contribution in [2.75, 3.05) is 19.6 Å². The highest BCUT2D eigenvalue weighted by Gasteiger charge is 2.28. The van der Waals surface area contributed by atoms with Crippen LogP contribution in [-0.2, 0) is 11.2 Å². The van der Waals surface area contributed by atoms with Crippen molar-refractivity contribution >= 4 is 11.8 Å². The number of nitrogens with one attached hydrogen (secondary N) is 1. The molecule has 146 valence electrons. The van der Waals surface area contributed by atoms with Crippen molar-refractivity contribution in [1.82, 2.24) is 10.2 Å². The number of carbonyl (C=O) groups excluding carboxylic acids is 2. The summed E-state index contributed by atoms with van der Waals surface area (Å²) in [7, 11) is 0. The second kappa shape index (κ2) is 8.74. The Morgan fingerprint density at radius 3 is 2.17 bits per heavy atom. The second-order valence-electron chi connectivity index (χ2n) is 7.37. The van der Waals surface area contributed by atoms with E-state index in [2.05, 4.69) is 41.7 Å². The zero-order valence-corrected chi connectivity index (χ0v) is 16.3. The number of benzene rings is 3. The Bertz CT molecular complexity index is 969. The topological polar surface area (TPSA) is 49.4 Å². The average Bonchev–Trinajstić information content (AvgIpc) is 2.96. The van der Waals surface area contributed by atoms with Crippen LogP contribution in [0.1, 0.15) is 15.9 Å². The highest BCUT2D eigenvalue weighted by atomic mass is 16.2. The standard InChI is InChI=1S/C25H24N2O2/c28-24-23(17-19-11-13-21(14-12-19)20-7-3-1-4-8-20)18-27(16-15-26-24)25(29)22-9-5-2-6-10-22/h1-14,23H,15-18H2,(H,26,28)/t23-/m1/s1. The van der Waals surface area contributed by atoms with Gasteiger partial charge in [0.25, 0.3) is 5.91 Å². The molecule has 0 aromatic heterocycles. The fourth-order valence-corrected chi connectivity index (χ4v) is 3.75. The Morgan fingerprint density at radius 2 is 1.48 bits per heavy atom. The molecular weight excluding hydrogens is 360 g/mol. The van der Waals surface area contributed by atoms with Gasteiger partial charge < -0.3 is 10.2 Å². The quantitative estimate of drug-likeness (QED) is 0.744. The molecule has 29 heavy (non-hydrogen) atoms. The molecule has 2 amide bonds. The van der Waals surface area contributed by atoms with Crippen LogP contribution < -0.4 is 5.32 Å². The predicted octanol–water partition coefficient (Wildman–Crippen LogP) is 3.78. The van der Waals surface area contributed by atoms with Crippen molar-refractivity contribution in [2.45, 2.75) is 6.42 Å². The zero-order chi connectivity index (χ0) is 20.1. The first-order valence-corrected chi connectivity index (χ1v) is 9.97. The second-order valence-corrected chi connectivity index (χ2v) is 7.37. The van der Waals surface area contributed by atoms with E-state index in [1.165, 1.54) is 5.56 Å². The molecule has 1 heterocycles. The van der Waals surface area contributed by atoms with Gasteiger partial charge in [-0.05, 0) is 35.2 Å². The van der Waals surface area contributed by atoms with E-state index < -0.39 is 0 Å². The number of rotatable bonds is 4. The number of hydrogen-bond acceptors (Lipinski definition) is 2. The molecule has 1 fully saturated rings. The van der Waals surface area contributed by atoms with E-state index >= 15 is 0 Å². The van der Waals surface area contributed by atoms with Crippen molar-refractivity contribution in [3.8, 4) is 11.1 Å². The summed E-state index contributed by atoms with van der Waals surface area (Å²) in [6.45, 7) is 1.45. The van der Waals surface area contributed by atoms with Gasteiger partial charge in [-0.3, -0.25) is 9.59 Å². The van der Waals surface area contributed by atoms with Gasteiger partial charge in [0.05, 0.1) is 5.92 Å². The summed E-state index contributed by atoms with van der Waals surface area (Å²) in [5.74, 6) is -0.264. The maximum Gasteiger partial charge on any atom is 0.253 e. The lowest BCUT2D eigenvalue weighted by Gasteiger charge is -2.23. The number of carbonyl (C=O) groups is 2. The van der Waals surface area contributed by atoms with Crippen molar-refractivity contribution in [3.05, 3.63) is 96.1 Å². The number of amides is 2. The van der Waals surface area contributed by atoms with Crippen LogP contribution in [0.5, 0.6) is 0 Å². The van der Waals surface area contributed by atoms with Crippen LogP contribution in [-0.4, -0.2) is 36.3 Å². The maximum atomic E-state index is 12.8. The first-order chi connectivity index (χ1) is 14.2. The molecule has 4 rings (SSSR count). The molecule has 0 bridgehead atoms. The molecule has 1 aliphatic rings. The third-order valence-corrected chi connectivity index (χ3v) is 5.34. The van der Waals surface area contributed by atoms with Crippen molar-refractivity contribution in [3.63, 3.8) is 0 Å². The lowest BCUT2D eigenvalue weighted by molar-refractivity contribution is -0.124. The maximum absolute atomic E-state index is 12.8. The summed E-state index contributed by atoms with van der Waals surface area (Å²) < 4.78 is 0. The molecule has 0 saturated carbocycles. The molecule has 1 saturated heterocycles. The van der Waals surface area contributed by atoms with Crippen molar-refractivity contribution in [1.29, 1.82) is 0 Å². The summed E-state index contributed by atoms with van der Waals surface area (Å²) in [6.07, 6.45) is 0.611. The summed E-state index contributed by atoms with van der Waals surface area (Å²) in [4.78, 5) is 27.2. The van der Waals surface area contributed by atoms with E-state index in [9.17, 15) is 9.59 Å². The summed E-state index contributed by atoms with van der Waals surface area (Å²) in [6, 6.07) is 27.8. The molecule has 4 heteroatoms. The van der Waals surface area contributed by atoms with E-state index in [0.717, 1.165) is 11.1 Å². The summed E-state index contributed by atoms with van der Waals surface area (Å²) in [5, 5.41) is 2.96. The molecule has 0 aliphatic carbocycles. The Labute approximate surface area is 171 Å². The highest BCUT2D eigenvalue weighted by molar-refractivity contribution is 5.94. The van der Waals surface area contributed by atoms with E-state index in [1.807, 2.05) is 48.5 Å². The minimum atomic E-state index is -0.257. The fraction of sp³-hybridized carbons (Fsp3) is 0.200. The van der Waals surface area contributed by atoms with Gasteiger partial charge in [0.1, 0.15) is 0 Å². The van der Waals surface area contributed by atoms with Crippen molar-refractivity contribution in [2.24, 2.45) is 5.92 Å². The van der Waals surface area contributed by atoms with Crippen LogP contribution in [0.4, 0.5) is 0 Å². The molecule has 1 N–H and O–H groups in total. The molecule has 3 aromatic rings. The van der Waals surface area contributed by atoms with Gasteiger partial charge in [-0.1, -0.05) is 72.8 Å².